The maximum Gasteiger partial charge on any atom is 0.147 e. The molecule has 0 radical (unpaired) electrons. The van der Waals surface area contributed by atoms with E-state index in [0.717, 1.165) is 11.4 Å². The molecule has 1 aromatic heterocycles. The van der Waals surface area contributed by atoms with Crippen molar-refractivity contribution in [1.82, 2.24) is 9.55 Å². The van der Waals surface area contributed by atoms with Crippen LogP contribution < -0.4 is 4.74 Å². The first-order valence-corrected chi connectivity index (χ1v) is 6.57. The molecule has 2 rings (SSSR count). The molecule has 1 heterocycles. The Morgan fingerprint density at radius 1 is 1.42 bits per heavy atom. The van der Waals surface area contributed by atoms with Gasteiger partial charge in [-0.05, 0) is 12.5 Å². The Morgan fingerprint density at radius 2 is 2.16 bits per heavy atom. The zero-order valence-corrected chi connectivity index (χ0v) is 11.8. The lowest BCUT2D eigenvalue weighted by atomic mass is 10.1. The zero-order valence-electron chi connectivity index (χ0n) is 11.0. The summed E-state index contributed by atoms with van der Waals surface area (Å²) in [5.41, 5.74) is 0.797. The minimum Gasteiger partial charge on any atom is -0.485 e. The Bertz CT molecular complexity index is 554. The first-order valence-electron chi connectivity index (χ1n) is 6.19. The van der Waals surface area contributed by atoms with Gasteiger partial charge in [-0.15, -0.1) is 0 Å². The first kappa shape index (κ1) is 13.9. The van der Waals surface area contributed by atoms with E-state index >= 15 is 0 Å². The number of halogens is 1. The van der Waals surface area contributed by atoms with Crippen molar-refractivity contribution in [2.45, 2.75) is 26.1 Å². The number of aromatic nitrogens is 2. The average molecular weight is 281 g/mol. The fourth-order valence-corrected chi connectivity index (χ4v) is 1.95. The summed E-state index contributed by atoms with van der Waals surface area (Å²) in [5, 5.41) is 10.5. The van der Waals surface area contributed by atoms with Gasteiger partial charge in [-0.25, -0.2) is 4.98 Å². The van der Waals surface area contributed by atoms with E-state index in [2.05, 4.69) is 4.98 Å². The molecule has 4 nitrogen and oxygen atoms in total. The van der Waals surface area contributed by atoms with Gasteiger partial charge in [-0.3, -0.25) is 0 Å². The summed E-state index contributed by atoms with van der Waals surface area (Å²) in [6, 6.07) is 7.49. The minimum absolute atomic E-state index is 0.316. The van der Waals surface area contributed by atoms with Gasteiger partial charge in [0, 0.05) is 12.6 Å². The lowest BCUT2D eigenvalue weighted by Gasteiger charge is -2.14. The molecule has 1 aromatic carbocycles. The van der Waals surface area contributed by atoms with Gasteiger partial charge in [0.2, 0.25) is 0 Å². The van der Waals surface area contributed by atoms with Crippen molar-refractivity contribution in [1.29, 1.82) is 0 Å². The van der Waals surface area contributed by atoms with E-state index in [-0.39, 0.29) is 0 Å². The zero-order chi connectivity index (χ0) is 13.8. The van der Waals surface area contributed by atoms with Gasteiger partial charge in [0.15, 0.2) is 0 Å². The van der Waals surface area contributed by atoms with Crippen LogP contribution in [0.4, 0.5) is 0 Å². The number of hydrogen-bond acceptors (Lipinski definition) is 3. The Labute approximate surface area is 117 Å². The number of para-hydroxylation sites is 1. The van der Waals surface area contributed by atoms with Gasteiger partial charge in [0.1, 0.15) is 23.3 Å². The maximum atomic E-state index is 9.94. The maximum absolute atomic E-state index is 9.94. The second kappa shape index (κ2) is 6.08. The van der Waals surface area contributed by atoms with Gasteiger partial charge in [-0.2, -0.15) is 0 Å². The van der Waals surface area contributed by atoms with Crippen LogP contribution in [0.2, 0.25) is 5.15 Å². The predicted octanol–water partition coefficient (Wildman–Crippen LogP) is 3.10. The van der Waals surface area contributed by atoms with Crippen molar-refractivity contribution in [2.24, 2.45) is 7.05 Å². The van der Waals surface area contributed by atoms with E-state index in [9.17, 15) is 5.11 Å². The fourth-order valence-electron chi connectivity index (χ4n) is 1.81. The third kappa shape index (κ3) is 3.08. The molecule has 2 aromatic rings. The van der Waals surface area contributed by atoms with Crippen molar-refractivity contribution in [3.8, 4) is 5.75 Å². The largest absolute Gasteiger partial charge is 0.485 e. The molecular weight excluding hydrogens is 264 g/mol. The van der Waals surface area contributed by atoms with Crippen molar-refractivity contribution >= 4 is 11.6 Å². The van der Waals surface area contributed by atoms with Crippen LogP contribution in [0, 0.1) is 0 Å². The second-order valence-electron chi connectivity index (χ2n) is 4.31. The summed E-state index contributed by atoms with van der Waals surface area (Å²) in [7, 11) is 1.83. The summed E-state index contributed by atoms with van der Waals surface area (Å²) < 4.78 is 7.50. The number of aliphatic hydroxyl groups excluding tert-OH is 1. The molecule has 0 fully saturated rings. The number of aliphatic hydroxyl groups is 1. The highest BCUT2D eigenvalue weighted by Gasteiger charge is 2.12. The molecule has 0 saturated carbocycles. The molecule has 1 atom stereocenters. The molecular formula is C14H17ClN2O2. The van der Waals surface area contributed by atoms with Crippen LogP contribution in [-0.4, -0.2) is 14.7 Å². The molecule has 0 saturated heterocycles. The van der Waals surface area contributed by atoms with Crippen LogP contribution >= 0.6 is 11.6 Å². The third-order valence-corrected chi connectivity index (χ3v) is 3.40. The van der Waals surface area contributed by atoms with E-state index in [1.807, 2.05) is 38.2 Å². The highest BCUT2D eigenvalue weighted by molar-refractivity contribution is 6.29. The summed E-state index contributed by atoms with van der Waals surface area (Å²) in [4.78, 5) is 4.17. The van der Waals surface area contributed by atoms with Gasteiger partial charge in [0.05, 0.1) is 12.3 Å². The number of rotatable bonds is 5. The summed E-state index contributed by atoms with van der Waals surface area (Å²) in [6.45, 7) is 2.25. The van der Waals surface area contributed by atoms with Crippen LogP contribution in [0.3, 0.4) is 0 Å². The normalized spacial score (nSPS) is 12.4. The van der Waals surface area contributed by atoms with Crippen molar-refractivity contribution < 1.29 is 9.84 Å². The Morgan fingerprint density at radius 3 is 2.79 bits per heavy atom. The second-order valence-corrected chi connectivity index (χ2v) is 4.69. The molecule has 0 bridgehead atoms. The quantitative estimate of drug-likeness (QED) is 0.915. The lowest BCUT2D eigenvalue weighted by molar-refractivity contribution is 0.166. The minimum atomic E-state index is -0.513. The monoisotopic (exact) mass is 280 g/mol. The predicted molar refractivity (Wildman–Crippen MR) is 74.2 cm³/mol. The molecule has 0 aliphatic heterocycles. The third-order valence-electron chi connectivity index (χ3n) is 3.05. The molecule has 0 unspecified atom stereocenters. The van der Waals surface area contributed by atoms with Crippen LogP contribution in [-0.2, 0) is 13.7 Å². The van der Waals surface area contributed by atoms with Crippen molar-refractivity contribution in [3.63, 3.8) is 0 Å². The highest BCUT2D eigenvalue weighted by Crippen LogP contribution is 2.27. The number of imidazole rings is 1. The Hall–Kier alpha value is -1.52. The van der Waals surface area contributed by atoms with Crippen LogP contribution in [0.5, 0.6) is 5.75 Å². The molecule has 19 heavy (non-hydrogen) atoms. The van der Waals surface area contributed by atoms with Gasteiger partial charge in [-0.1, -0.05) is 36.7 Å². The van der Waals surface area contributed by atoms with Gasteiger partial charge >= 0.3 is 0 Å². The molecule has 5 heteroatoms. The number of ether oxygens (including phenoxy) is 1. The standard InChI is InChI=1S/C14H17ClN2O2/c1-3-11(18)10-6-4-5-7-12(10)19-9-14-16-8-13(15)17(14)2/h4-8,11,18H,3,9H2,1-2H3/t11-/m1/s1. The van der Waals surface area contributed by atoms with Gasteiger partial charge < -0.3 is 14.4 Å². The van der Waals surface area contributed by atoms with E-state index in [1.165, 1.54) is 0 Å². The highest BCUT2D eigenvalue weighted by atomic mass is 35.5. The van der Waals surface area contributed by atoms with Crippen LogP contribution in [0.1, 0.15) is 30.8 Å². The van der Waals surface area contributed by atoms with Crippen LogP contribution in [0.25, 0.3) is 0 Å². The lowest BCUT2D eigenvalue weighted by Crippen LogP contribution is -2.06. The van der Waals surface area contributed by atoms with Crippen molar-refractivity contribution in [3.05, 3.63) is 47.0 Å². The summed E-state index contributed by atoms with van der Waals surface area (Å²) in [5.74, 6) is 1.42. The molecule has 0 amide bonds. The smallest absolute Gasteiger partial charge is 0.147 e. The summed E-state index contributed by atoms with van der Waals surface area (Å²) >= 11 is 5.92. The van der Waals surface area contributed by atoms with E-state index in [4.69, 9.17) is 16.3 Å². The SMILES string of the molecule is CC[C@@H](O)c1ccccc1OCc1ncc(Cl)n1C. The number of nitrogens with zero attached hydrogens (tertiary/aromatic N) is 2. The van der Waals surface area contributed by atoms with Crippen LogP contribution in [0.15, 0.2) is 30.5 Å². The molecule has 0 aliphatic rings. The van der Waals surface area contributed by atoms with E-state index in [1.54, 1.807) is 10.8 Å². The van der Waals surface area contributed by atoms with E-state index in [0.29, 0.717) is 23.9 Å². The Balaban J connectivity index is 2.13. The molecule has 102 valence electrons. The van der Waals surface area contributed by atoms with Gasteiger partial charge in [0.25, 0.3) is 0 Å². The topological polar surface area (TPSA) is 47.3 Å². The summed E-state index contributed by atoms with van der Waals surface area (Å²) in [6.07, 6.45) is 1.72. The fraction of sp³-hybridized carbons (Fsp3) is 0.357. The van der Waals surface area contributed by atoms with Crippen molar-refractivity contribution in [2.75, 3.05) is 0 Å². The molecule has 0 spiro atoms. The molecule has 1 N–H and O–H groups in total. The van der Waals surface area contributed by atoms with E-state index < -0.39 is 6.10 Å². The number of benzene rings is 1. The number of hydrogen-bond donors (Lipinski definition) is 1. The first-order chi connectivity index (χ1) is 9.13. The Kier molecular flexibility index (Phi) is 4.45. The molecule has 0 aliphatic carbocycles. The average Bonchev–Trinajstić information content (AvgIpc) is 2.76.